The molecule has 1 aromatic heterocycles. The van der Waals surface area contributed by atoms with E-state index < -0.39 is 6.04 Å². The van der Waals surface area contributed by atoms with Gasteiger partial charge < -0.3 is 20.8 Å². The van der Waals surface area contributed by atoms with Crippen LogP contribution in [-0.2, 0) is 5.41 Å². The molecule has 6 nitrogen and oxygen atoms in total. The highest BCUT2D eigenvalue weighted by Gasteiger charge is 2.19. The van der Waals surface area contributed by atoms with Gasteiger partial charge in [-0.2, -0.15) is 0 Å². The van der Waals surface area contributed by atoms with Crippen molar-refractivity contribution in [2.45, 2.75) is 45.6 Å². The van der Waals surface area contributed by atoms with E-state index in [2.05, 4.69) is 27.5 Å². The predicted molar refractivity (Wildman–Crippen MR) is 81.1 cm³/mol. The third kappa shape index (κ3) is 4.94. The number of hydrogen-bond acceptors (Lipinski definition) is 6. The minimum absolute atomic E-state index is 0.150. The first-order valence-electron chi connectivity index (χ1n) is 7.02. The van der Waals surface area contributed by atoms with E-state index in [1.807, 2.05) is 20.8 Å². The Kier molecular flexibility index (Phi) is 6.16. The Bertz CT molecular complexity index is 414. The summed E-state index contributed by atoms with van der Waals surface area (Å²) in [4.78, 5) is 8.98. The SMILES string of the molecule is CCCNc1cc(NC(CO)CO)nc(C(C)(C)C)n1. The van der Waals surface area contributed by atoms with E-state index in [1.165, 1.54) is 0 Å². The molecule has 6 heteroatoms. The molecule has 0 aromatic carbocycles. The quantitative estimate of drug-likeness (QED) is 0.604. The first-order valence-corrected chi connectivity index (χ1v) is 7.02. The van der Waals surface area contributed by atoms with Crippen LogP contribution in [0, 0.1) is 0 Å². The second kappa shape index (κ2) is 7.40. The van der Waals surface area contributed by atoms with Crippen molar-refractivity contribution in [1.29, 1.82) is 0 Å². The molecule has 1 heterocycles. The molecule has 0 saturated carbocycles. The molecular weight excluding hydrogens is 256 g/mol. The van der Waals surface area contributed by atoms with Crippen LogP contribution in [0.25, 0.3) is 0 Å². The average molecular weight is 282 g/mol. The van der Waals surface area contributed by atoms with Crippen molar-refractivity contribution in [2.75, 3.05) is 30.4 Å². The van der Waals surface area contributed by atoms with Gasteiger partial charge in [0.2, 0.25) is 0 Å². The van der Waals surface area contributed by atoms with Crippen LogP contribution in [0.5, 0.6) is 0 Å². The van der Waals surface area contributed by atoms with Gasteiger partial charge >= 0.3 is 0 Å². The van der Waals surface area contributed by atoms with Crippen LogP contribution in [0.2, 0.25) is 0 Å². The number of rotatable bonds is 7. The highest BCUT2D eigenvalue weighted by atomic mass is 16.3. The Balaban J connectivity index is 3.03. The number of aliphatic hydroxyl groups excluding tert-OH is 2. The molecule has 0 bridgehead atoms. The average Bonchev–Trinajstić information content (AvgIpc) is 2.41. The lowest BCUT2D eigenvalue weighted by atomic mass is 9.96. The van der Waals surface area contributed by atoms with E-state index in [9.17, 15) is 0 Å². The number of aliphatic hydroxyl groups is 2. The van der Waals surface area contributed by atoms with Crippen LogP contribution in [0.3, 0.4) is 0 Å². The zero-order valence-corrected chi connectivity index (χ0v) is 12.8. The zero-order valence-electron chi connectivity index (χ0n) is 12.8. The van der Waals surface area contributed by atoms with Gasteiger partial charge in [-0.05, 0) is 6.42 Å². The fourth-order valence-electron chi connectivity index (χ4n) is 1.56. The smallest absolute Gasteiger partial charge is 0.138 e. The van der Waals surface area contributed by atoms with Gasteiger partial charge in [0.15, 0.2) is 0 Å². The standard InChI is InChI=1S/C14H26N4O2/c1-5-6-15-11-7-12(16-10(8-19)9-20)18-13(17-11)14(2,3)4/h7,10,19-20H,5-6,8-9H2,1-4H3,(H2,15,16,17,18). The minimum atomic E-state index is -0.420. The Morgan fingerprint density at radius 2 is 1.75 bits per heavy atom. The van der Waals surface area contributed by atoms with Gasteiger partial charge in [0, 0.05) is 18.0 Å². The Morgan fingerprint density at radius 3 is 2.25 bits per heavy atom. The third-order valence-electron chi connectivity index (χ3n) is 2.75. The molecule has 0 aliphatic rings. The highest BCUT2D eigenvalue weighted by Crippen LogP contribution is 2.22. The van der Waals surface area contributed by atoms with Gasteiger partial charge in [-0.15, -0.1) is 0 Å². The van der Waals surface area contributed by atoms with Gasteiger partial charge in [0.05, 0.1) is 19.3 Å². The summed E-state index contributed by atoms with van der Waals surface area (Å²) in [5.41, 5.74) is -0.172. The maximum absolute atomic E-state index is 9.15. The predicted octanol–water partition coefficient (Wildman–Crippen LogP) is 1.36. The largest absolute Gasteiger partial charge is 0.394 e. The fraction of sp³-hybridized carbons (Fsp3) is 0.714. The summed E-state index contributed by atoms with van der Waals surface area (Å²) < 4.78 is 0. The number of anilines is 2. The molecule has 1 rings (SSSR count). The number of hydrogen-bond donors (Lipinski definition) is 4. The van der Waals surface area contributed by atoms with Gasteiger partial charge in [0.25, 0.3) is 0 Å². The van der Waals surface area contributed by atoms with Crippen molar-refractivity contribution in [3.63, 3.8) is 0 Å². The fourth-order valence-corrected chi connectivity index (χ4v) is 1.56. The van der Waals surface area contributed by atoms with Gasteiger partial charge in [-0.1, -0.05) is 27.7 Å². The summed E-state index contributed by atoms with van der Waals surface area (Å²) in [6.07, 6.45) is 1.01. The molecule has 0 radical (unpaired) electrons. The van der Waals surface area contributed by atoms with Crippen molar-refractivity contribution in [2.24, 2.45) is 0 Å². The maximum Gasteiger partial charge on any atom is 0.138 e. The topological polar surface area (TPSA) is 90.3 Å². The van der Waals surface area contributed by atoms with E-state index in [4.69, 9.17) is 10.2 Å². The first-order chi connectivity index (χ1) is 9.40. The molecule has 20 heavy (non-hydrogen) atoms. The number of nitrogens with one attached hydrogen (secondary N) is 2. The van der Waals surface area contributed by atoms with Crippen LogP contribution in [0.4, 0.5) is 11.6 Å². The van der Waals surface area contributed by atoms with Crippen molar-refractivity contribution in [3.8, 4) is 0 Å². The molecule has 0 aliphatic carbocycles. The number of aromatic nitrogens is 2. The summed E-state index contributed by atoms with van der Waals surface area (Å²) in [6.45, 7) is 8.77. The molecule has 114 valence electrons. The van der Waals surface area contributed by atoms with Crippen molar-refractivity contribution in [3.05, 3.63) is 11.9 Å². The zero-order chi connectivity index (χ0) is 15.2. The molecule has 0 atom stereocenters. The summed E-state index contributed by atoms with van der Waals surface area (Å²) in [5, 5.41) is 24.5. The lowest BCUT2D eigenvalue weighted by molar-refractivity contribution is 0.203. The molecule has 0 aliphatic heterocycles. The van der Waals surface area contributed by atoms with Crippen LogP contribution in [-0.4, -0.2) is 46.0 Å². The molecule has 0 fully saturated rings. The molecule has 4 N–H and O–H groups in total. The van der Waals surface area contributed by atoms with E-state index >= 15 is 0 Å². The van der Waals surface area contributed by atoms with E-state index in [1.54, 1.807) is 6.07 Å². The lowest BCUT2D eigenvalue weighted by Crippen LogP contribution is -2.29. The second-order valence-corrected chi connectivity index (χ2v) is 5.85. The Labute approximate surface area is 120 Å². The van der Waals surface area contributed by atoms with Crippen LogP contribution in [0.15, 0.2) is 6.07 Å². The van der Waals surface area contributed by atoms with Crippen molar-refractivity contribution >= 4 is 11.6 Å². The van der Waals surface area contributed by atoms with Gasteiger partial charge in [0.1, 0.15) is 17.5 Å². The third-order valence-corrected chi connectivity index (χ3v) is 2.75. The van der Waals surface area contributed by atoms with Crippen molar-refractivity contribution < 1.29 is 10.2 Å². The monoisotopic (exact) mass is 282 g/mol. The highest BCUT2D eigenvalue weighted by molar-refractivity contribution is 5.48. The summed E-state index contributed by atoms with van der Waals surface area (Å²) >= 11 is 0. The van der Waals surface area contributed by atoms with E-state index in [0.29, 0.717) is 5.82 Å². The van der Waals surface area contributed by atoms with Crippen LogP contribution >= 0.6 is 0 Å². The van der Waals surface area contributed by atoms with Gasteiger partial charge in [-0.25, -0.2) is 9.97 Å². The molecule has 0 amide bonds. The molecule has 0 saturated heterocycles. The molecule has 0 spiro atoms. The maximum atomic E-state index is 9.15. The normalized spacial score (nSPS) is 11.8. The van der Waals surface area contributed by atoms with Gasteiger partial charge in [-0.3, -0.25) is 0 Å². The molecular formula is C14H26N4O2. The second-order valence-electron chi connectivity index (χ2n) is 5.85. The minimum Gasteiger partial charge on any atom is -0.394 e. The summed E-state index contributed by atoms with van der Waals surface area (Å²) in [6, 6.07) is 1.38. The Hall–Kier alpha value is -1.40. The number of nitrogens with zero attached hydrogens (tertiary/aromatic N) is 2. The van der Waals surface area contributed by atoms with E-state index in [-0.39, 0.29) is 18.6 Å². The molecule has 1 aromatic rings. The van der Waals surface area contributed by atoms with Crippen molar-refractivity contribution in [1.82, 2.24) is 9.97 Å². The summed E-state index contributed by atoms with van der Waals surface area (Å²) in [5.74, 6) is 2.08. The van der Waals surface area contributed by atoms with Crippen LogP contribution < -0.4 is 10.6 Å². The van der Waals surface area contributed by atoms with Crippen LogP contribution in [0.1, 0.15) is 39.9 Å². The Morgan fingerprint density at radius 1 is 1.15 bits per heavy atom. The summed E-state index contributed by atoms with van der Waals surface area (Å²) in [7, 11) is 0. The lowest BCUT2D eigenvalue weighted by Gasteiger charge is -2.21. The molecule has 0 unspecified atom stereocenters. The first kappa shape index (κ1) is 16.7. The van der Waals surface area contributed by atoms with E-state index in [0.717, 1.165) is 24.6 Å².